The number of nitrogens with two attached hydrogens (primary N) is 1. The molecule has 1 aromatic heterocycles. The molecule has 0 aromatic carbocycles. The van der Waals surface area contributed by atoms with Crippen LogP contribution in [0.25, 0.3) is 0 Å². The number of anilines is 2. The molecule has 1 aliphatic rings. The van der Waals surface area contributed by atoms with E-state index in [9.17, 15) is 4.79 Å². The Morgan fingerprint density at radius 1 is 1.71 bits per heavy atom. The van der Waals surface area contributed by atoms with Crippen molar-refractivity contribution in [2.75, 3.05) is 31.4 Å². The summed E-state index contributed by atoms with van der Waals surface area (Å²) in [4.78, 5) is 15.7. The molecule has 1 aromatic rings. The summed E-state index contributed by atoms with van der Waals surface area (Å²) >= 11 is 0. The van der Waals surface area contributed by atoms with Crippen LogP contribution in [0, 0.1) is 0 Å². The minimum absolute atomic E-state index is 0.175. The minimum Gasteiger partial charge on any atom is -0.465 e. The number of esters is 1. The Hall–Kier alpha value is -1.82. The second kappa shape index (κ2) is 5.01. The molecule has 1 atom stereocenters. The standard InChI is InChI=1S/C11H15N3O3/c1-16-11(15)9-4-7(12)5-13-10(9)14-8-2-3-17-6-8/h4-5,8H,2-3,6,12H2,1H3,(H,13,14). The van der Waals surface area contributed by atoms with Gasteiger partial charge >= 0.3 is 5.97 Å². The zero-order valence-corrected chi connectivity index (χ0v) is 9.60. The Morgan fingerprint density at radius 3 is 3.18 bits per heavy atom. The maximum Gasteiger partial charge on any atom is 0.341 e. The van der Waals surface area contributed by atoms with Gasteiger partial charge in [-0.1, -0.05) is 0 Å². The number of hydrogen-bond donors (Lipinski definition) is 2. The van der Waals surface area contributed by atoms with Crippen LogP contribution in [0.1, 0.15) is 16.8 Å². The van der Waals surface area contributed by atoms with Crippen molar-refractivity contribution in [1.82, 2.24) is 4.98 Å². The zero-order valence-electron chi connectivity index (χ0n) is 9.60. The van der Waals surface area contributed by atoms with Crippen LogP contribution in [-0.2, 0) is 9.47 Å². The first-order valence-electron chi connectivity index (χ1n) is 5.39. The number of rotatable bonds is 3. The molecule has 0 aliphatic carbocycles. The number of pyridine rings is 1. The third kappa shape index (κ3) is 2.65. The van der Waals surface area contributed by atoms with Crippen molar-refractivity contribution in [3.63, 3.8) is 0 Å². The molecule has 6 nitrogen and oxygen atoms in total. The Bertz CT molecular complexity index is 416. The van der Waals surface area contributed by atoms with Gasteiger partial charge in [0.2, 0.25) is 0 Å². The average molecular weight is 237 g/mol. The fraction of sp³-hybridized carbons (Fsp3) is 0.455. The maximum absolute atomic E-state index is 11.6. The van der Waals surface area contributed by atoms with Crippen LogP contribution in [0.15, 0.2) is 12.3 Å². The predicted octanol–water partition coefficient (Wildman–Crippen LogP) is 0.651. The van der Waals surface area contributed by atoms with Crippen LogP contribution >= 0.6 is 0 Å². The number of ether oxygens (including phenoxy) is 2. The topological polar surface area (TPSA) is 86.5 Å². The molecule has 0 amide bonds. The van der Waals surface area contributed by atoms with Crippen LogP contribution in [-0.4, -0.2) is 37.3 Å². The fourth-order valence-electron chi connectivity index (χ4n) is 1.70. The number of nitrogens with zero attached hydrogens (tertiary/aromatic N) is 1. The summed E-state index contributed by atoms with van der Waals surface area (Å²) in [5.41, 5.74) is 6.38. The molecule has 17 heavy (non-hydrogen) atoms. The summed E-state index contributed by atoms with van der Waals surface area (Å²) in [5.74, 6) is 0.0350. The van der Waals surface area contributed by atoms with Gasteiger partial charge in [-0.2, -0.15) is 0 Å². The van der Waals surface area contributed by atoms with Crippen molar-refractivity contribution in [3.8, 4) is 0 Å². The van der Waals surface area contributed by atoms with Gasteiger partial charge in [0.05, 0.1) is 31.6 Å². The summed E-state index contributed by atoms with van der Waals surface area (Å²) in [5, 5.41) is 3.16. The van der Waals surface area contributed by atoms with E-state index in [4.69, 9.17) is 15.2 Å². The van der Waals surface area contributed by atoms with Crippen LogP contribution < -0.4 is 11.1 Å². The van der Waals surface area contributed by atoms with Crippen molar-refractivity contribution >= 4 is 17.5 Å². The van der Waals surface area contributed by atoms with Gasteiger partial charge in [0, 0.05) is 6.61 Å². The predicted molar refractivity (Wildman–Crippen MR) is 62.8 cm³/mol. The number of carbonyl (C=O) groups excluding carboxylic acids is 1. The highest BCUT2D eigenvalue weighted by Crippen LogP contribution is 2.19. The average Bonchev–Trinajstić information content (AvgIpc) is 2.83. The molecular weight excluding hydrogens is 222 g/mol. The van der Waals surface area contributed by atoms with Crippen molar-refractivity contribution in [2.45, 2.75) is 12.5 Å². The Morgan fingerprint density at radius 2 is 2.53 bits per heavy atom. The number of methoxy groups -OCH3 is 1. The number of nitrogens with one attached hydrogen (secondary N) is 1. The molecule has 0 saturated carbocycles. The van der Waals surface area contributed by atoms with Gasteiger partial charge in [-0.05, 0) is 12.5 Å². The fourth-order valence-corrected chi connectivity index (χ4v) is 1.70. The van der Waals surface area contributed by atoms with Gasteiger partial charge in [-0.25, -0.2) is 9.78 Å². The first kappa shape index (κ1) is 11.7. The number of aromatic nitrogens is 1. The minimum atomic E-state index is -0.453. The summed E-state index contributed by atoms with van der Waals surface area (Å²) < 4.78 is 9.94. The van der Waals surface area contributed by atoms with E-state index >= 15 is 0 Å². The number of carbonyl (C=O) groups is 1. The summed E-state index contributed by atoms with van der Waals surface area (Å²) in [7, 11) is 1.33. The molecule has 1 aliphatic heterocycles. The van der Waals surface area contributed by atoms with E-state index in [-0.39, 0.29) is 6.04 Å². The first-order chi connectivity index (χ1) is 8.20. The molecular formula is C11H15N3O3. The van der Waals surface area contributed by atoms with Crippen molar-refractivity contribution in [1.29, 1.82) is 0 Å². The number of nitrogen functional groups attached to an aromatic ring is 1. The van der Waals surface area contributed by atoms with Crippen molar-refractivity contribution < 1.29 is 14.3 Å². The van der Waals surface area contributed by atoms with E-state index in [1.54, 1.807) is 6.07 Å². The Kier molecular flexibility index (Phi) is 3.43. The SMILES string of the molecule is COC(=O)c1cc(N)cnc1NC1CCOC1. The highest BCUT2D eigenvalue weighted by Gasteiger charge is 2.20. The Labute approximate surface area is 99.1 Å². The van der Waals surface area contributed by atoms with E-state index in [0.29, 0.717) is 23.7 Å². The van der Waals surface area contributed by atoms with Crippen LogP contribution in [0.3, 0.4) is 0 Å². The largest absolute Gasteiger partial charge is 0.465 e. The van der Waals surface area contributed by atoms with Gasteiger partial charge in [-0.3, -0.25) is 0 Å². The normalized spacial score (nSPS) is 19.0. The second-order valence-electron chi connectivity index (χ2n) is 3.86. The van der Waals surface area contributed by atoms with Gasteiger partial charge in [0.15, 0.2) is 0 Å². The molecule has 2 rings (SSSR count). The molecule has 1 fully saturated rings. The summed E-state index contributed by atoms with van der Waals surface area (Å²) in [6.45, 7) is 1.34. The maximum atomic E-state index is 11.6. The Balaban J connectivity index is 2.22. The summed E-state index contributed by atoms with van der Waals surface area (Å²) in [6, 6.07) is 1.73. The molecule has 0 spiro atoms. The van der Waals surface area contributed by atoms with Crippen LogP contribution in [0.5, 0.6) is 0 Å². The quantitative estimate of drug-likeness (QED) is 0.751. The lowest BCUT2D eigenvalue weighted by Gasteiger charge is -2.14. The van der Waals surface area contributed by atoms with E-state index in [0.717, 1.165) is 13.0 Å². The van der Waals surface area contributed by atoms with Crippen molar-refractivity contribution in [2.24, 2.45) is 0 Å². The van der Waals surface area contributed by atoms with Crippen LogP contribution in [0.4, 0.5) is 11.5 Å². The first-order valence-corrected chi connectivity index (χ1v) is 5.39. The van der Waals surface area contributed by atoms with Gasteiger partial charge in [0.1, 0.15) is 11.4 Å². The lowest BCUT2D eigenvalue weighted by molar-refractivity contribution is 0.0601. The van der Waals surface area contributed by atoms with Gasteiger partial charge < -0.3 is 20.5 Å². The molecule has 0 radical (unpaired) electrons. The van der Waals surface area contributed by atoms with Gasteiger partial charge in [0.25, 0.3) is 0 Å². The highest BCUT2D eigenvalue weighted by atomic mass is 16.5. The zero-order chi connectivity index (χ0) is 12.3. The molecule has 3 N–H and O–H groups in total. The number of hydrogen-bond acceptors (Lipinski definition) is 6. The highest BCUT2D eigenvalue weighted by molar-refractivity contribution is 5.95. The monoisotopic (exact) mass is 237 g/mol. The third-order valence-electron chi connectivity index (χ3n) is 2.58. The van der Waals surface area contributed by atoms with Crippen LogP contribution in [0.2, 0.25) is 0 Å². The van der Waals surface area contributed by atoms with Gasteiger partial charge in [-0.15, -0.1) is 0 Å². The second-order valence-corrected chi connectivity index (χ2v) is 3.86. The summed E-state index contributed by atoms with van der Waals surface area (Å²) in [6.07, 6.45) is 2.40. The molecule has 1 saturated heterocycles. The lowest BCUT2D eigenvalue weighted by Crippen LogP contribution is -2.22. The third-order valence-corrected chi connectivity index (χ3v) is 2.58. The van der Waals surface area contributed by atoms with Crippen molar-refractivity contribution in [3.05, 3.63) is 17.8 Å². The van der Waals surface area contributed by atoms with E-state index in [1.165, 1.54) is 13.3 Å². The smallest absolute Gasteiger partial charge is 0.341 e. The molecule has 0 bridgehead atoms. The van der Waals surface area contributed by atoms with E-state index in [2.05, 4.69) is 10.3 Å². The van der Waals surface area contributed by atoms with E-state index in [1.807, 2.05) is 0 Å². The van der Waals surface area contributed by atoms with E-state index < -0.39 is 5.97 Å². The molecule has 6 heteroatoms. The lowest BCUT2D eigenvalue weighted by atomic mass is 10.2. The molecule has 2 heterocycles. The molecule has 92 valence electrons. The molecule has 1 unspecified atom stereocenters.